The van der Waals surface area contributed by atoms with Crippen LogP contribution in [0.2, 0.25) is 0 Å². The molecule has 0 radical (unpaired) electrons. The van der Waals surface area contributed by atoms with E-state index < -0.39 is 6.10 Å². The fraction of sp³-hybridized carbons (Fsp3) is 0.625. The molecule has 3 nitrogen and oxygen atoms in total. The SMILES string of the molecule is CCC(CC)N(CCOC)c1cccc(F)c1C(C)O. The summed E-state index contributed by atoms with van der Waals surface area (Å²) < 4.78 is 19.2. The highest BCUT2D eigenvalue weighted by Crippen LogP contribution is 2.31. The van der Waals surface area contributed by atoms with Crippen LogP contribution < -0.4 is 4.90 Å². The lowest BCUT2D eigenvalue weighted by atomic mass is 10.0. The van der Waals surface area contributed by atoms with E-state index >= 15 is 0 Å². The normalized spacial score (nSPS) is 12.8. The van der Waals surface area contributed by atoms with E-state index in [-0.39, 0.29) is 5.82 Å². The van der Waals surface area contributed by atoms with Gasteiger partial charge in [-0.3, -0.25) is 0 Å². The van der Waals surface area contributed by atoms with E-state index in [0.29, 0.717) is 24.8 Å². The molecule has 0 fully saturated rings. The highest BCUT2D eigenvalue weighted by Gasteiger charge is 2.22. The van der Waals surface area contributed by atoms with Crippen LogP contribution in [0.25, 0.3) is 0 Å². The maximum atomic E-state index is 14.0. The molecule has 114 valence electrons. The fourth-order valence-electron chi connectivity index (χ4n) is 2.61. The maximum Gasteiger partial charge on any atom is 0.131 e. The zero-order chi connectivity index (χ0) is 15.1. The predicted molar refractivity (Wildman–Crippen MR) is 80.6 cm³/mol. The van der Waals surface area contributed by atoms with Crippen molar-refractivity contribution in [1.29, 1.82) is 0 Å². The summed E-state index contributed by atoms with van der Waals surface area (Å²) in [6.45, 7) is 7.10. The molecule has 0 heterocycles. The van der Waals surface area contributed by atoms with Gasteiger partial charge in [0.2, 0.25) is 0 Å². The van der Waals surface area contributed by atoms with Crippen molar-refractivity contribution in [2.75, 3.05) is 25.2 Å². The number of anilines is 1. The van der Waals surface area contributed by atoms with E-state index in [4.69, 9.17) is 4.74 Å². The number of ether oxygens (including phenoxy) is 1. The van der Waals surface area contributed by atoms with E-state index in [1.54, 1.807) is 20.1 Å². The molecule has 0 saturated heterocycles. The van der Waals surface area contributed by atoms with Crippen LogP contribution >= 0.6 is 0 Å². The fourth-order valence-corrected chi connectivity index (χ4v) is 2.61. The van der Waals surface area contributed by atoms with E-state index in [1.165, 1.54) is 6.07 Å². The summed E-state index contributed by atoms with van der Waals surface area (Å²) in [5.74, 6) is -0.356. The molecule has 0 aromatic heterocycles. The first-order valence-corrected chi connectivity index (χ1v) is 7.28. The topological polar surface area (TPSA) is 32.7 Å². The second-order valence-corrected chi connectivity index (χ2v) is 5.01. The minimum absolute atomic E-state index is 0.310. The Balaban J connectivity index is 3.22. The summed E-state index contributed by atoms with van der Waals surface area (Å²) in [4.78, 5) is 2.15. The number of benzene rings is 1. The monoisotopic (exact) mass is 283 g/mol. The van der Waals surface area contributed by atoms with E-state index in [1.807, 2.05) is 6.07 Å². The molecule has 1 atom stereocenters. The van der Waals surface area contributed by atoms with Crippen molar-refractivity contribution in [3.8, 4) is 0 Å². The zero-order valence-electron chi connectivity index (χ0n) is 12.9. The van der Waals surface area contributed by atoms with Gasteiger partial charge in [-0.1, -0.05) is 19.9 Å². The minimum Gasteiger partial charge on any atom is -0.389 e. The summed E-state index contributed by atoms with van der Waals surface area (Å²) in [6.07, 6.45) is 1.11. The van der Waals surface area contributed by atoms with Crippen molar-refractivity contribution in [1.82, 2.24) is 0 Å². The number of rotatable bonds is 8. The molecule has 1 aromatic rings. The molecule has 4 heteroatoms. The second-order valence-electron chi connectivity index (χ2n) is 5.01. The molecule has 1 unspecified atom stereocenters. The summed E-state index contributed by atoms with van der Waals surface area (Å²) >= 11 is 0. The third kappa shape index (κ3) is 3.93. The first kappa shape index (κ1) is 16.9. The number of methoxy groups -OCH3 is 1. The molecule has 0 aliphatic carbocycles. The Morgan fingerprint density at radius 2 is 1.95 bits per heavy atom. The lowest BCUT2D eigenvalue weighted by Crippen LogP contribution is -2.38. The number of aliphatic hydroxyl groups excluding tert-OH is 1. The molecule has 0 amide bonds. The Morgan fingerprint density at radius 1 is 1.30 bits per heavy atom. The Bertz CT molecular complexity index is 405. The van der Waals surface area contributed by atoms with Crippen molar-refractivity contribution in [2.45, 2.75) is 45.8 Å². The van der Waals surface area contributed by atoms with Gasteiger partial charge in [-0.2, -0.15) is 0 Å². The van der Waals surface area contributed by atoms with Crippen molar-refractivity contribution in [3.63, 3.8) is 0 Å². The average Bonchev–Trinajstić information content (AvgIpc) is 2.42. The lowest BCUT2D eigenvalue weighted by molar-refractivity contribution is 0.192. The van der Waals surface area contributed by atoms with Crippen molar-refractivity contribution in [3.05, 3.63) is 29.6 Å². The molecule has 1 rings (SSSR count). The Kier molecular flexibility index (Phi) is 6.96. The van der Waals surface area contributed by atoms with Gasteiger partial charge in [-0.15, -0.1) is 0 Å². The van der Waals surface area contributed by atoms with Gasteiger partial charge >= 0.3 is 0 Å². The largest absolute Gasteiger partial charge is 0.389 e. The molecule has 0 aliphatic heterocycles. The van der Waals surface area contributed by atoms with Gasteiger partial charge in [0.15, 0.2) is 0 Å². The van der Waals surface area contributed by atoms with E-state index in [0.717, 1.165) is 18.5 Å². The van der Waals surface area contributed by atoms with E-state index in [2.05, 4.69) is 18.7 Å². The van der Waals surface area contributed by atoms with Crippen LogP contribution in [-0.2, 0) is 4.74 Å². The van der Waals surface area contributed by atoms with Crippen LogP contribution in [0, 0.1) is 5.82 Å². The lowest BCUT2D eigenvalue weighted by Gasteiger charge is -2.34. The van der Waals surface area contributed by atoms with Gasteiger partial charge in [-0.05, 0) is 31.9 Å². The van der Waals surface area contributed by atoms with Crippen LogP contribution in [0.4, 0.5) is 10.1 Å². The number of nitrogens with zero attached hydrogens (tertiary/aromatic N) is 1. The van der Waals surface area contributed by atoms with E-state index in [9.17, 15) is 9.50 Å². The highest BCUT2D eigenvalue weighted by atomic mass is 19.1. The first-order valence-electron chi connectivity index (χ1n) is 7.28. The minimum atomic E-state index is -0.828. The quantitative estimate of drug-likeness (QED) is 0.792. The maximum absolute atomic E-state index is 14.0. The third-order valence-electron chi connectivity index (χ3n) is 3.68. The summed E-state index contributed by atoms with van der Waals surface area (Å²) in [5.41, 5.74) is 1.14. The number of hydrogen-bond acceptors (Lipinski definition) is 3. The van der Waals surface area contributed by atoms with Crippen molar-refractivity contribution < 1.29 is 14.2 Å². The Hall–Kier alpha value is -1.13. The van der Waals surface area contributed by atoms with Crippen molar-refractivity contribution in [2.24, 2.45) is 0 Å². The van der Waals surface area contributed by atoms with Crippen LogP contribution in [0.5, 0.6) is 0 Å². The molecular formula is C16H26FNO2. The number of aliphatic hydroxyl groups is 1. The van der Waals surface area contributed by atoms with Crippen molar-refractivity contribution >= 4 is 5.69 Å². The molecule has 0 saturated carbocycles. The van der Waals surface area contributed by atoms with Gasteiger partial charge in [0.05, 0.1) is 12.7 Å². The molecule has 1 N–H and O–H groups in total. The molecule has 0 spiro atoms. The molecule has 0 aliphatic rings. The smallest absolute Gasteiger partial charge is 0.131 e. The average molecular weight is 283 g/mol. The van der Waals surface area contributed by atoms with Gasteiger partial charge in [0.1, 0.15) is 5.82 Å². The zero-order valence-corrected chi connectivity index (χ0v) is 12.9. The van der Waals surface area contributed by atoms with Crippen LogP contribution in [0.3, 0.4) is 0 Å². The first-order chi connectivity index (χ1) is 9.56. The summed E-state index contributed by atoms with van der Waals surface area (Å²) in [5, 5.41) is 9.89. The molecular weight excluding hydrogens is 257 g/mol. The summed E-state index contributed by atoms with van der Waals surface area (Å²) in [7, 11) is 1.66. The highest BCUT2D eigenvalue weighted by molar-refractivity contribution is 5.56. The third-order valence-corrected chi connectivity index (χ3v) is 3.68. The van der Waals surface area contributed by atoms with Crippen LogP contribution in [-0.4, -0.2) is 31.4 Å². The Labute approximate surface area is 121 Å². The van der Waals surface area contributed by atoms with Gasteiger partial charge in [0, 0.05) is 30.9 Å². The van der Waals surface area contributed by atoms with Gasteiger partial charge in [0.25, 0.3) is 0 Å². The standard InChI is InChI=1S/C16H26FNO2/c1-5-13(6-2)18(10-11-20-4)15-9-7-8-14(17)16(15)12(3)19/h7-9,12-13,19H,5-6,10-11H2,1-4H3. The van der Waals surface area contributed by atoms with Gasteiger partial charge in [-0.25, -0.2) is 4.39 Å². The number of hydrogen-bond donors (Lipinski definition) is 1. The second kappa shape index (κ2) is 8.22. The summed E-state index contributed by atoms with van der Waals surface area (Å²) in [6, 6.07) is 5.27. The molecule has 20 heavy (non-hydrogen) atoms. The molecule has 1 aromatic carbocycles. The molecule has 0 bridgehead atoms. The van der Waals surface area contributed by atoms with Crippen LogP contribution in [0.15, 0.2) is 18.2 Å². The number of halogens is 1. The predicted octanol–water partition coefficient (Wildman–Crippen LogP) is 3.52. The van der Waals surface area contributed by atoms with Crippen LogP contribution in [0.1, 0.15) is 45.3 Å². The van der Waals surface area contributed by atoms with Gasteiger partial charge < -0.3 is 14.7 Å². The Morgan fingerprint density at radius 3 is 2.45 bits per heavy atom.